The lowest BCUT2D eigenvalue weighted by molar-refractivity contribution is -0.147. The fraction of sp³-hybridized carbons (Fsp3) is 0.658. The average Bonchev–Trinajstić information content (AvgIpc) is 3.43. The van der Waals surface area contributed by atoms with Gasteiger partial charge in [-0.05, 0) is 101 Å². The largest absolute Gasteiger partial charge is 0.462 e. The summed E-state index contributed by atoms with van der Waals surface area (Å²) in [6.07, 6.45) is 10.5. The quantitative estimate of drug-likeness (QED) is 0.272. The van der Waals surface area contributed by atoms with Gasteiger partial charge < -0.3 is 9.16 Å². The maximum atomic E-state index is 12.5. The summed E-state index contributed by atoms with van der Waals surface area (Å²) in [6.45, 7) is 14.6. The van der Waals surface area contributed by atoms with E-state index in [4.69, 9.17) is 9.16 Å². The van der Waals surface area contributed by atoms with Gasteiger partial charge in [0.25, 0.3) is 8.32 Å². The van der Waals surface area contributed by atoms with Crippen LogP contribution in [0.3, 0.4) is 0 Å². The lowest BCUT2D eigenvalue weighted by Crippen LogP contribution is -2.68. The molecule has 226 valence electrons. The van der Waals surface area contributed by atoms with Crippen LogP contribution in [0.5, 0.6) is 0 Å². The molecule has 1 heterocycles. The van der Waals surface area contributed by atoms with Gasteiger partial charge in [0.1, 0.15) is 6.10 Å². The Morgan fingerprint density at radius 3 is 2.05 bits per heavy atom. The second-order valence-corrected chi connectivity index (χ2v) is 20.7. The molecule has 4 aliphatic carbocycles. The molecule has 0 aromatic heterocycles. The Morgan fingerprint density at radius 1 is 0.810 bits per heavy atom. The monoisotopic (exact) mass is 584 g/mol. The summed E-state index contributed by atoms with van der Waals surface area (Å²) >= 11 is 0. The minimum absolute atomic E-state index is 0.0169. The van der Waals surface area contributed by atoms with Crippen LogP contribution >= 0.6 is 0 Å². The molecule has 5 aliphatic rings. The fourth-order valence-corrected chi connectivity index (χ4v) is 16.4. The van der Waals surface area contributed by atoms with Gasteiger partial charge in [-0.1, -0.05) is 102 Å². The third-order valence-electron chi connectivity index (χ3n) is 13.6. The van der Waals surface area contributed by atoms with Crippen molar-refractivity contribution >= 4 is 24.7 Å². The van der Waals surface area contributed by atoms with Gasteiger partial charge in [0.05, 0.1) is 5.92 Å². The Kier molecular flexibility index (Phi) is 6.90. The molecule has 42 heavy (non-hydrogen) atoms. The predicted octanol–water partition coefficient (Wildman–Crippen LogP) is 7.76. The van der Waals surface area contributed by atoms with E-state index in [-0.39, 0.29) is 28.4 Å². The highest BCUT2D eigenvalue weighted by Crippen LogP contribution is 2.69. The lowest BCUT2D eigenvalue weighted by atomic mass is 9.44. The van der Waals surface area contributed by atoms with E-state index in [1.165, 1.54) is 55.3 Å². The van der Waals surface area contributed by atoms with E-state index >= 15 is 0 Å². The minimum Gasteiger partial charge on any atom is -0.462 e. The number of hydrogen-bond donors (Lipinski definition) is 0. The van der Waals surface area contributed by atoms with Gasteiger partial charge in [-0.2, -0.15) is 0 Å². The molecule has 0 spiro atoms. The van der Waals surface area contributed by atoms with E-state index in [0.29, 0.717) is 23.4 Å². The molecule has 1 saturated heterocycles. The Hall–Kier alpha value is -1.91. The summed E-state index contributed by atoms with van der Waals surface area (Å²) in [5, 5.41) is 2.81. The predicted molar refractivity (Wildman–Crippen MR) is 172 cm³/mol. The number of ether oxygens (including phenoxy) is 1. The van der Waals surface area contributed by atoms with Crippen LogP contribution in [0.4, 0.5) is 0 Å². The molecule has 0 bridgehead atoms. The van der Waals surface area contributed by atoms with Gasteiger partial charge in [-0.3, -0.25) is 4.79 Å². The number of esters is 1. The van der Waals surface area contributed by atoms with Gasteiger partial charge in [0, 0.05) is 12.0 Å². The van der Waals surface area contributed by atoms with Gasteiger partial charge in [-0.15, -0.1) is 0 Å². The summed E-state index contributed by atoms with van der Waals surface area (Å²) in [5.41, 5.74) is 0.666. The average molecular weight is 585 g/mol. The number of benzene rings is 2. The van der Waals surface area contributed by atoms with Crippen molar-refractivity contribution in [2.24, 2.45) is 46.3 Å². The Labute approximate surface area is 255 Å². The van der Waals surface area contributed by atoms with E-state index in [1.54, 1.807) is 0 Å². The number of rotatable bonds is 4. The van der Waals surface area contributed by atoms with E-state index in [1.807, 2.05) is 0 Å². The summed E-state index contributed by atoms with van der Waals surface area (Å²) in [5.74, 6) is 3.59. The summed E-state index contributed by atoms with van der Waals surface area (Å²) in [4.78, 5) is 12.5. The highest BCUT2D eigenvalue weighted by molar-refractivity contribution is 6.99. The van der Waals surface area contributed by atoms with Crippen molar-refractivity contribution in [2.75, 3.05) is 0 Å². The molecule has 0 unspecified atom stereocenters. The number of fused-ring (bicyclic) bond motifs is 7. The van der Waals surface area contributed by atoms with Crippen LogP contribution in [0.25, 0.3) is 0 Å². The molecule has 4 heteroatoms. The van der Waals surface area contributed by atoms with Crippen molar-refractivity contribution < 1.29 is 14.0 Å². The van der Waals surface area contributed by atoms with Crippen molar-refractivity contribution in [2.45, 2.75) is 110 Å². The first-order chi connectivity index (χ1) is 20.0. The van der Waals surface area contributed by atoms with Crippen LogP contribution in [-0.2, 0) is 14.0 Å². The first-order valence-electron chi connectivity index (χ1n) is 17.0. The van der Waals surface area contributed by atoms with Crippen LogP contribution < -0.4 is 10.4 Å². The smallest absolute Gasteiger partial charge is 0.309 e. The summed E-state index contributed by atoms with van der Waals surface area (Å²) in [7, 11) is -2.55. The molecule has 10 atom stereocenters. The number of hydrogen-bond acceptors (Lipinski definition) is 3. The van der Waals surface area contributed by atoms with Crippen molar-refractivity contribution in [1.82, 2.24) is 0 Å². The standard InChI is InChI=1S/C38H52O3Si/c1-25-34-33(40-35(25)39)24-32-30-18-17-26-23-27(19-21-37(26,5)31(30)20-22-38(32,34)6)41-42(36(2,3)4,28-13-9-7-10-14-28)29-15-11-8-12-16-29/h7-16,25-27,30-34H,17-24H2,1-6H3/t25-,26-,27-,30+,31-,32-,33-,34-,37-,38-/m0/s1. The van der Waals surface area contributed by atoms with Crippen LogP contribution in [-0.4, -0.2) is 26.5 Å². The van der Waals surface area contributed by atoms with Crippen LogP contribution in [0, 0.1) is 46.3 Å². The summed E-state index contributed by atoms with van der Waals surface area (Å²) < 4.78 is 13.7. The summed E-state index contributed by atoms with van der Waals surface area (Å²) in [6, 6.07) is 22.4. The molecule has 7 rings (SSSR count). The molecule has 1 aliphatic heterocycles. The Balaban J connectivity index is 1.15. The van der Waals surface area contributed by atoms with Crippen molar-refractivity contribution in [3.63, 3.8) is 0 Å². The van der Waals surface area contributed by atoms with E-state index in [0.717, 1.165) is 24.2 Å². The second-order valence-electron chi connectivity index (χ2n) is 16.4. The molecule has 4 saturated carbocycles. The molecule has 0 radical (unpaired) electrons. The van der Waals surface area contributed by atoms with Gasteiger partial charge in [-0.25, -0.2) is 0 Å². The molecule has 2 aromatic rings. The molecular weight excluding hydrogens is 533 g/mol. The zero-order chi connectivity index (χ0) is 29.5. The Bertz CT molecular complexity index is 1260. The lowest BCUT2D eigenvalue weighted by Gasteiger charge is -2.61. The van der Waals surface area contributed by atoms with Crippen LogP contribution in [0.15, 0.2) is 60.7 Å². The Morgan fingerprint density at radius 2 is 1.43 bits per heavy atom. The molecule has 0 N–H and O–H groups in total. The van der Waals surface area contributed by atoms with Gasteiger partial charge >= 0.3 is 5.97 Å². The first-order valence-corrected chi connectivity index (χ1v) is 18.9. The minimum atomic E-state index is -2.55. The second kappa shape index (κ2) is 10.1. The van der Waals surface area contributed by atoms with Crippen LogP contribution in [0.1, 0.15) is 92.9 Å². The van der Waals surface area contributed by atoms with Crippen LogP contribution in [0.2, 0.25) is 5.04 Å². The van der Waals surface area contributed by atoms with Crippen molar-refractivity contribution in [3.05, 3.63) is 60.7 Å². The molecule has 5 fully saturated rings. The molecule has 0 amide bonds. The topological polar surface area (TPSA) is 35.5 Å². The van der Waals surface area contributed by atoms with Gasteiger partial charge in [0.2, 0.25) is 0 Å². The van der Waals surface area contributed by atoms with E-state index < -0.39 is 8.32 Å². The third kappa shape index (κ3) is 4.10. The first kappa shape index (κ1) is 28.8. The third-order valence-corrected chi connectivity index (χ3v) is 18.7. The normalized spacial score (nSPS) is 41.3. The van der Waals surface area contributed by atoms with Gasteiger partial charge in [0.15, 0.2) is 0 Å². The fourth-order valence-electron chi connectivity index (χ4n) is 11.7. The van der Waals surface area contributed by atoms with Crippen molar-refractivity contribution in [3.8, 4) is 0 Å². The maximum absolute atomic E-state index is 12.5. The molecule has 3 nitrogen and oxygen atoms in total. The number of carbonyl (C=O) groups is 1. The highest BCUT2D eigenvalue weighted by atomic mass is 28.4. The van der Waals surface area contributed by atoms with Crippen molar-refractivity contribution in [1.29, 1.82) is 0 Å². The SMILES string of the molecule is C[C@@H]1C(=O)O[C@H]2C[C@H]3[C@@H]4CC[C@H]5C[C@@H](O[Si](c6ccccc6)(c6ccccc6)C(C)(C)C)CC[C@]5(C)[C@H]4CC[C@]3(C)[C@H]21. The zero-order valence-corrected chi connectivity index (χ0v) is 27.8. The van der Waals surface area contributed by atoms with E-state index in [9.17, 15) is 4.79 Å². The van der Waals surface area contributed by atoms with E-state index in [2.05, 4.69) is 102 Å². The number of carbonyl (C=O) groups excluding carboxylic acids is 1. The molecular formula is C38H52O3Si. The maximum Gasteiger partial charge on any atom is 0.309 e. The zero-order valence-electron chi connectivity index (χ0n) is 26.8. The highest BCUT2D eigenvalue weighted by Gasteiger charge is 2.66. The molecule has 2 aromatic carbocycles.